The summed E-state index contributed by atoms with van der Waals surface area (Å²) in [6.07, 6.45) is 0. The number of anilines is 1. The number of nitrogens with one attached hydrogen (secondary N) is 1. The molecule has 1 aromatic carbocycles. The van der Waals surface area contributed by atoms with Crippen LogP contribution in [0.4, 0.5) is 5.69 Å². The van der Waals surface area contributed by atoms with Crippen molar-refractivity contribution in [3.05, 3.63) is 28.3 Å². The van der Waals surface area contributed by atoms with Gasteiger partial charge in [-0.2, -0.15) is 0 Å². The fraction of sp³-hybridized carbons (Fsp3) is 0.417. The topological polar surface area (TPSA) is 58.4 Å². The number of rotatable bonds is 1. The number of nitrogen functional groups attached to an aromatic ring is 1. The maximum atomic E-state index is 12.3. The lowest BCUT2D eigenvalue weighted by Crippen LogP contribution is -2.46. The Morgan fingerprint density at radius 2 is 2.06 bits per heavy atom. The van der Waals surface area contributed by atoms with E-state index in [9.17, 15) is 4.79 Å². The zero-order valence-electron chi connectivity index (χ0n) is 9.79. The van der Waals surface area contributed by atoms with Crippen LogP contribution < -0.4 is 11.1 Å². The summed E-state index contributed by atoms with van der Waals surface area (Å²) >= 11 is 6.07. The highest BCUT2D eigenvalue weighted by atomic mass is 35.5. The molecule has 4 nitrogen and oxygen atoms in total. The molecule has 1 saturated heterocycles. The maximum Gasteiger partial charge on any atom is 0.257 e. The molecule has 2 rings (SSSR count). The van der Waals surface area contributed by atoms with Crippen molar-refractivity contribution in [3.63, 3.8) is 0 Å². The van der Waals surface area contributed by atoms with Crippen LogP contribution in [0, 0.1) is 6.92 Å². The van der Waals surface area contributed by atoms with Crippen molar-refractivity contribution in [2.24, 2.45) is 0 Å². The van der Waals surface area contributed by atoms with E-state index in [1.54, 1.807) is 11.0 Å². The first kappa shape index (κ1) is 12.2. The molecule has 0 aliphatic carbocycles. The first-order valence-corrected chi connectivity index (χ1v) is 6.03. The van der Waals surface area contributed by atoms with Crippen LogP contribution in [0.25, 0.3) is 0 Å². The van der Waals surface area contributed by atoms with E-state index in [2.05, 4.69) is 5.32 Å². The van der Waals surface area contributed by atoms with E-state index in [0.717, 1.165) is 18.7 Å². The molecule has 1 amide bonds. The van der Waals surface area contributed by atoms with Crippen molar-refractivity contribution in [2.45, 2.75) is 6.92 Å². The van der Waals surface area contributed by atoms with Crippen LogP contribution in [0.1, 0.15) is 15.9 Å². The number of carbonyl (C=O) groups is 1. The number of carbonyl (C=O) groups excluding carboxylic acids is 1. The highest BCUT2D eigenvalue weighted by Crippen LogP contribution is 2.26. The van der Waals surface area contributed by atoms with Gasteiger partial charge in [0.15, 0.2) is 0 Å². The number of benzene rings is 1. The molecule has 0 atom stereocenters. The normalized spacial score (nSPS) is 16.0. The number of nitrogens with two attached hydrogens (primary N) is 1. The Hall–Kier alpha value is -1.26. The molecule has 92 valence electrons. The molecule has 0 spiro atoms. The molecule has 0 saturated carbocycles. The van der Waals surface area contributed by atoms with Crippen molar-refractivity contribution in [2.75, 3.05) is 31.9 Å². The van der Waals surface area contributed by atoms with Gasteiger partial charge in [-0.05, 0) is 18.6 Å². The SMILES string of the molecule is Cc1ccc(Cl)c(C(=O)N2CCNCC2)c1N. The van der Waals surface area contributed by atoms with Crippen molar-refractivity contribution >= 4 is 23.2 Å². The van der Waals surface area contributed by atoms with E-state index in [4.69, 9.17) is 17.3 Å². The third-order valence-corrected chi connectivity index (χ3v) is 3.35. The van der Waals surface area contributed by atoms with Crippen molar-refractivity contribution in [1.29, 1.82) is 0 Å². The van der Waals surface area contributed by atoms with Crippen molar-refractivity contribution < 1.29 is 4.79 Å². The minimum Gasteiger partial charge on any atom is -0.398 e. The second-order valence-electron chi connectivity index (χ2n) is 4.20. The van der Waals surface area contributed by atoms with Crippen molar-refractivity contribution in [1.82, 2.24) is 10.2 Å². The summed E-state index contributed by atoms with van der Waals surface area (Å²) in [7, 11) is 0. The average molecular weight is 254 g/mol. The van der Waals surface area contributed by atoms with E-state index in [-0.39, 0.29) is 5.91 Å². The Morgan fingerprint density at radius 3 is 2.71 bits per heavy atom. The van der Waals surface area contributed by atoms with Gasteiger partial charge in [0, 0.05) is 31.9 Å². The zero-order valence-corrected chi connectivity index (χ0v) is 10.5. The maximum absolute atomic E-state index is 12.3. The Kier molecular flexibility index (Phi) is 3.54. The number of hydrogen-bond acceptors (Lipinski definition) is 3. The molecule has 1 fully saturated rings. The number of aryl methyl sites for hydroxylation is 1. The number of hydrogen-bond donors (Lipinski definition) is 2. The summed E-state index contributed by atoms with van der Waals surface area (Å²) in [6, 6.07) is 3.55. The second-order valence-corrected chi connectivity index (χ2v) is 4.60. The van der Waals surface area contributed by atoms with Gasteiger partial charge in [-0.3, -0.25) is 4.79 Å². The summed E-state index contributed by atoms with van der Waals surface area (Å²) < 4.78 is 0. The molecule has 1 aliphatic heterocycles. The smallest absolute Gasteiger partial charge is 0.257 e. The largest absolute Gasteiger partial charge is 0.398 e. The van der Waals surface area contributed by atoms with E-state index in [1.807, 2.05) is 13.0 Å². The molecule has 0 aromatic heterocycles. The molecule has 1 heterocycles. The van der Waals surface area contributed by atoms with Gasteiger partial charge in [-0.25, -0.2) is 0 Å². The van der Waals surface area contributed by atoms with Crippen LogP contribution in [0.5, 0.6) is 0 Å². The van der Waals surface area contributed by atoms with E-state index in [0.29, 0.717) is 29.4 Å². The number of halogens is 1. The average Bonchev–Trinajstić information content (AvgIpc) is 2.35. The van der Waals surface area contributed by atoms with E-state index < -0.39 is 0 Å². The molecule has 5 heteroatoms. The van der Waals surface area contributed by atoms with Crippen LogP contribution in [0.3, 0.4) is 0 Å². The highest BCUT2D eigenvalue weighted by molar-refractivity contribution is 6.34. The molecule has 1 aliphatic rings. The first-order valence-electron chi connectivity index (χ1n) is 5.66. The van der Waals surface area contributed by atoms with Crippen LogP contribution in [-0.4, -0.2) is 37.0 Å². The number of amides is 1. The Labute approximate surface area is 106 Å². The molecule has 17 heavy (non-hydrogen) atoms. The summed E-state index contributed by atoms with van der Waals surface area (Å²) in [4.78, 5) is 14.1. The third kappa shape index (κ3) is 2.37. The fourth-order valence-corrected chi connectivity index (χ4v) is 2.19. The molecule has 0 unspecified atom stereocenters. The third-order valence-electron chi connectivity index (χ3n) is 3.03. The Bertz CT molecular complexity index is 442. The second kappa shape index (κ2) is 4.94. The first-order chi connectivity index (χ1) is 8.11. The minimum absolute atomic E-state index is 0.0716. The standard InChI is InChI=1S/C12H16ClN3O/c1-8-2-3-9(13)10(11(8)14)12(17)16-6-4-15-5-7-16/h2-3,15H,4-7,14H2,1H3. The van der Waals surface area contributed by atoms with Gasteiger partial charge in [-0.1, -0.05) is 17.7 Å². The van der Waals surface area contributed by atoms with Gasteiger partial charge in [0.25, 0.3) is 5.91 Å². The summed E-state index contributed by atoms with van der Waals surface area (Å²) in [5, 5.41) is 3.63. The van der Waals surface area contributed by atoms with E-state index in [1.165, 1.54) is 0 Å². The summed E-state index contributed by atoms with van der Waals surface area (Å²) in [6.45, 7) is 4.90. The molecule has 1 aromatic rings. The molecule has 0 bridgehead atoms. The van der Waals surface area contributed by atoms with Gasteiger partial charge in [0.2, 0.25) is 0 Å². The van der Waals surface area contributed by atoms with Gasteiger partial charge in [-0.15, -0.1) is 0 Å². The molecular weight excluding hydrogens is 238 g/mol. The Balaban J connectivity index is 2.32. The van der Waals surface area contributed by atoms with Gasteiger partial charge < -0.3 is 16.0 Å². The van der Waals surface area contributed by atoms with Gasteiger partial charge in [0.1, 0.15) is 0 Å². The summed E-state index contributed by atoms with van der Waals surface area (Å²) in [5.74, 6) is -0.0716. The van der Waals surface area contributed by atoms with E-state index >= 15 is 0 Å². The lowest BCUT2D eigenvalue weighted by atomic mass is 10.1. The quantitative estimate of drug-likeness (QED) is 0.742. The fourth-order valence-electron chi connectivity index (χ4n) is 1.94. The highest BCUT2D eigenvalue weighted by Gasteiger charge is 2.22. The van der Waals surface area contributed by atoms with Crippen LogP contribution >= 0.6 is 11.6 Å². The molecule has 3 N–H and O–H groups in total. The number of nitrogens with zero attached hydrogens (tertiary/aromatic N) is 1. The van der Waals surface area contributed by atoms with Crippen LogP contribution in [0.2, 0.25) is 5.02 Å². The summed E-state index contributed by atoms with van der Waals surface area (Å²) in [5.41, 5.74) is 7.75. The molecular formula is C12H16ClN3O. The van der Waals surface area contributed by atoms with Crippen LogP contribution in [0.15, 0.2) is 12.1 Å². The lowest BCUT2D eigenvalue weighted by Gasteiger charge is -2.28. The monoisotopic (exact) mass is 253 g/mol. The number of piperazine rings is 1. The predicted octanol–water partition coefficient (Wildman–Crippen LogP) is 1.28. The lowest BCUT2D eigenvalue weighted by molar-refractivity contribution is 0.0737. The van der Waals surface area contributed by atoms with Crippen molar-refractivity contribution in [3.8, 4) is 0 Å². The predicted molar refractivity (Wildman–Crippen MR) is 69.4 cm³/mol. The Morgan fingerprint density at radius 1 is 1.41 bits per heavy atom. The molecule has 0 radical (unpaired) electrons. The minimum atomic E-state index is -0.0716. The van der Waals surface area contributed by atoms with Gasteiger partial charge in [0.05, 0.1) is 10.6 Å². The van der Waals surface area contributed by atoms with Gasteiger partial charge >= 0.3 is 0 Å². The zero-order chi connectivity index (χ0) is 12.4. The van der Waals surface area contributed by atoms with Crippen LogP contribution in [-0.2, 0) is 0 Å².